The second-order valence-electron chi connectivity index (χ2n) is 3.35. The second-order valence-corrected chi connectivity index (χ2v) is 3.35. The van der Waals surface area contributed by atoms with Gasteiger partial charge in [0.2, 0.25) is 0 Å². The molecule has 0 N–H and O–H groups in total. The van der Waals surface area contributed by atoms with E-state index in [1.807, 2.05) is 11.8 Å². The van der Waals surface area contributed by atoms with Gasteiger partial charge < -0.3 is 4.74 Å². The van der Waals surface area contributed by atoms with E-state index in [0.29, 0.717) is 19.6 Å². The van der Waals surface area contributed by atoms with Gasteiger partial charge in [-0.2, -0.15) is 5.26 Å². The van der Waals surface area contributed by atoms with E-state index >= 15 is 0 Å². The third kappa shape index (κ3) is 2.71. The summed E-state index contributed by atoms with van der Waals surface area (Å²) in [7, 11) is 0. The molecule has 1 aliphatic heterocycles. The maximum atomic E-state index is 11.5. The van der Waals surface area contributed by atoms with Gasteiger partial charge in [0.15, 0.2) is 0 Å². The SMILES string of the molecule is CCOC(=O)[C@@H]1CCCN1CCC#N. The normalized spacial score (nSPS) is 21.9. The summed E-state index contributed by atoms with van der Waals surface area (Å²) in [5.41, 5.74) is 0. The number of carbonyl (C=O) groups excluding carboxylic acids is 1. The predicted octanol–water partition coefficient (Wildman–Crippen LogP) is 0.928. The first kappa shape index (κ1) is 11.0. The summed E-state index contributed by atoms with van der Waals surface area (Å²) >= 11 is 0. The van der Waals surface area contributed by atoms with Gasteiger partial charge in [-0.1, -0.05) is 0 Å². The van der Waals surface area contributed by atoms with Crippen molar-refractivity contribution in [3.63, 3.8) is 0 Å². The average molecular weight is 196 g/mol. The minimum atomic E-state index is -0.136. The van der Waals surface area contributed by atoms with E-state index in [4.69, 9.17) is 10.00 Å². The largest absolute Gasteiger partial charge is 0.465 e. The molecule has 0 amide bonds. The van der Waals surface area contributed by atoms with Gasteiger partial charge in [-0.3, -0.25) is 9.69 Å². The number of nitrogens with zero attached hydrogens (tertiary/aromatic N) is 2. The fourth-order valence-electron chi connectivity index (χ4n) is 1.79. The third-order valence-corrected chi connectivity index (χ3v) is 2.43. The number of hydrogen-bond acceptors (Lipinski definition) is 4. The summed E-state index contributed by atoms with van der Waals surface area (Å²) in [4.78, 5) is 13.5. The van der Waals surface area contributed by atoms with Crippen molar-refractivity contribution in [3.05, 3.63) is 0 Å². The van der Waals surface area contributed by atoms with Gasteiger partial charge in [-0.05, 0) is 26.3 Å². The molecule has 0 aromatic carbocycles. The van der Waals surface area contributed by atoms with Crippen LogP contribution in [-0.2, 0) is 9.53 Å². The van der Waals surface area contributed by atoms with Crippen LogP contribution in [0.1, 0.15) is 26.2 Å². The van der Waals surface area contributed by atoms with Gasteiger partial charge >= 0.3 is 5.97 Å². The maximum absolute atomic E-state index is 11.5. The van der Waals surface area contributed by atoms with E-state index in [-0.39, 0.29) is 12.0 Å². The topological polar surface area (TPSA) is 53.3 Å². The lowest BCUT2D eigenvalue weighted by Crippen LogP contribution is -2.37. The monoisotopic (exact) mass is 196 g/mol. The van der Waals surface area contributed by atoms with Crippen molar-refractivity contribution >= 4 is 5.97 Å². The molecule has 1 atom stereocenters. The Hall–Kier alpha value is -1.08. The molecule has 1 fully saturated rings. The fraction of sp³-hybridized carbons (Fsp3) is 0.800. The number of likely N-dealkylation sites (tertiary alicyclic amines) is 1. The van der Waals surface area contributed by atoms with Crippen LogP contribution in [0.5, 0.6) is 0 Å². The highest BCUT2D eigenvalue weighted by atomic mass is 16.5. The van der Waals surface area contributed by atoms with Crippen LogP contribution in [0.4, 0.5) is 0 Å². The van der Waals surface area contributed by atoms with Crippen LogP contribution in [-0.4, -0.2) is 36.6 Å². The molecule has 0 aromatic heterocycles. The molecule has 78 valence electrons. The van der Waals surface area contributed by atoms with Crippen LogP contribution < -0.4 is 0 Å². The molecular formula is C10H16N2O2. The first-order chi connectivity index (χ1) is 6.79. The summed E-state index contributed by atoms with van der Waals surface area (Å²) in [6.07, 6.45) is 2.37. The van der Waals surface area contributed by atoms with E-state index in [1.54, 1.807) is 0 Å². The molecule has 1 aliphatic rings. The average Bonchev–Trinajstić information content (AvgIpc) is 2.63. The molecule has 0 bridgehead atoms. The molecule has 4 heteroatoms. The minimum Gasteiger partial charge on any atom is -0.465 e. The van der Waals surface area contributed by atoms with Crippen LogP contribution in [0.3, 0.4) is 0 Å². The van der Waals surface area contributed by atoms with Crippen molar-refractivity contribution in [1.82, 2.24) is 4.90 Å². The maximum Gasteiger partial charge on any atom is 0.323 e. The zero-order valence-electron chi connectivity index (χ0n) is 8.53. The van der Waals surface area contributed by atoms with Crippen molar-refractivity contribution < 1.29 is 9.53 Å². The predicted molar refractivity (Wildman–Crippen MR) is 51.5 cm³/mol. The Morgan fingerprint density at radius 1 is 1.71 bits per heavy atom. The number of ether oxygens (including phenoxy) is 1. The highest BCUT2D eigenvalue weighted by Crippen LogP contribution is 2.18. The summed E-state index contributed by atoms with van der Waals surface area (Å²) < 4.78 is 4.97. The summed E-state index contributed by atoms with van der Waals surface area (Å²) in [6.45, 7) is 3.83. The van der Waals surface area contributed by atoms with Crippen molar-refractivity contribution in [2.75, 3.05) is 19.7 Å². The molecule has 1 saturated heterocycles. The van der Waals surface area contributed by atoms with Gasteiger partial charge in [0, 0.05) is 13.0 Å². The highest BCUT2D eigenvalue weighted by molar-refractivity contribution is 5.76. The lowest BCUT2D eigenvalue weighted by Gasteiger charge is -2.21. The summed E-state index contributed by atoms with van der Waals surface area (Å²) in [5.74, 6) is -0.136. The quantitative estimate of drug-likeness (QED) is 0.627. The Kier molecular flexibility index (Phi) is 4.41. The third-order valence-electron chi connectivity index (χ3n) is 2.43. The number of nitriles is 1. The molecule has 4 nitrogen and oxygen atoms in total. The van der Waals surface area contributed by atoms with Crippen LogP contribution in [0.15, 0.2) is 0 Å². The van der Waals surface area contributed by atoms with Crippen LogP contribution >= 0.6 is 0 Å². The lowest BCUT2D eigenvalue weighted by molar-refractivity contribution is -0.148. The summed E-state index contributed by atoms with van der Waals surface area (Å²) in [6, 6.07) is 1.98. The fourth-order valence-corrected chi connectivity index (χ4v) is 1.79. The molecule has 1 rings (SSSR count). The Balaban J connectivity index is 2.42. The van der Waals surface area contributed by atoms with E-state index < -0.39 is 0 Å². The molecule has 0 unspecified atom stereocenters. The molecule has 0 saturated carbocycles. The van der Waals surface area contributed by atoms with E-state index in [9.17, 15) is 4.79 Å². The van der Waals surface area contributed by atoms with Gasteiger partial charge in [-0.25, -0.2) is 0 Å². The lowest BCUT2D eigenvalue weighted by atomic mass is 10.2. The van der Waals surface area contributed by atoms with Crippen molar-refractivity contribution in [3.8, 4) is 6.07 Å². The Morgan fingerprint density at radius 2 is 2.50 bits per heavy atom. The number of esters is 1. The van der Waals surface area contributed by atoms with Crippen LogP contribution in [0.25, 0.3) is 0 Å². The van der Waals surface area contributed by atoms with Crippen molar-refractivity contribution in [2.45, 2.75) is 32.2 Å². The summed E-state index contributed by atoms with van der Waals surface area (Å²) in [5, 5.41) is 8.46. The zero-order valence-corrected chi connectivity index (χ0v) is 8.53. The van der Waals surface area contributed by atoms with Crippen LogP contribution in [0.2, 0.25) is 0 Å². The molecule has 0 radical (unpaired) electrons. The van der Waals surface area contributed by atoms with E-state index in [0.717, 1.165) is 19.4 Å². The van der Waals surface area contributed by atoms with E-state index in [2.05, 4.69) is 6.07 Å². The first-order valence-corrected chi connectivity index (χ1v) is 5.07. The molecular weight excluding hydrogens is 180 g/mol. The van der Waals surface area contributed by atoms with Gasteiger partial charge in [0.1, 0.15) is 6.04 Å². The number of carbonyl (C=O) groups is 1. The number of rotatable bonds is 4. The van der Waals surface area contributed by atoms with E-state index in [1.165, 1.54) is 0 Å². The zero-order chi connectivity index (χ0) is 10.4. The Bertz CT molecular complexity index is 235. The molecule has 0 spiro atoms. The number of hydrogen-bond donors (Lipinski definition) is 0. The smallest absolute Gasteiger partial charge is 0.323 e. The Morgan fingerprint density at radius 3 is 3.14 bits per heavy atom. The second kappa shape index (κ2) is 5.61. The van der Waals surface area contributed by atoms with Gasteiger partial charge in [0.05, 0.1) is 12.7 Å². The highest BCUT2D eigenvalue weighted by Gasteiger charge is 2.30. The first-order valence-electron chi connectivity index (χ1n) is 5.07. The Labute approximate surface area is 84.4 Å². The molecule has 1 heterocycles. The molecule has 14 heavy (non-hydrogen) atoms. The van der Waals surface area contributed by atoms with Crippen LogP contribution in [0, 0.1) is 11.3 Å². The van der Waals surface area contributed by atoms with Gasteiger partial charge in [0.25, 0.3) is 0 Å². The minimum absolute atomic E-state index is 0.108. The standard InChI is InChI=1S/C10H16N2O2/c1-2-14-10(13)9-5-3-7-12(9)8-4-6-11/h9H,2-5,7-8H2,1H3/t9-/m0/s1. The van der Waals surface area contributed by atoms with Crippen molar-refractivity contribution in [2.24, 2.45) is 0 Å². The van der Waals surface area contributed by atoms with Gasteiger partial charge in [-0.15, -0.1) is 0 Å². The van der Waals surface area contributed by atoms with Crippen molar-refractivity contribution in [1.29, 1.82) is 5.26 Å². The molecule has 0 aromatic rings. The molecule has 0 aliphatic carbocycles.